The van der Waals surface area contributed by atoms with Crippen LogP contribution in [0, 0.1) is 5.92 Å². The summed E-state index contributed by atoms with van der Waals surface area (Å²) in [4.78, 5) is 20.6. The smallest absolute Gasteiger partial charge is 0.255 e. The lowest BCUT2D eigenvalue weighted by atomic mass is 9.88. The van der Waals surface area contributed by atoms with Crippen molar-refractivity contribution in [2.24, 2.45) is 5.92 Å². The second-order valence-corrected chi connectivity index (χ2v) is 6.57. The van der Waals surface area contributed by atoms with Crippen molar-refractivity contribution in [3.63, 3.8) is 0 Å². The molecule has 4 rings (SSSR count). The molecule has 1 aromatic heterocycles. The van der Waals surface area contributed by atoms with E-state index in [1.165, 1.54) is 0 Å². The number of amides is 1. The van der Waals surface area contributed by atoms with Crippen LogP contribution in [0.5, 0.6) is 0 Å². The summed E-state index contributed by atoms with van der Waals surface area (Å²) in [5.74, 6) is 0.363. The zero-order chi connectivity index (χ0) is 15.2. The predicted molar refractivity (Wildman–Crippen MR) is 80.8 cm³/mol. The van der Waals surface area contributed by atoms with Crippen molar-refractivity contribution in [3.8, 4) is 0 Å². The number of morpholine rings is 1. The molecule has 2 aliphatic heterocycles. The number of aliphatic hydroxyl groups is 1. The van der Waals surface area contributed by atoms with Crippen molar-refractivity contribution in [1.82, 2.24) is 9.88 Å². The van der Waals surface area contributed by atoms with Crippen molar-refractivity contribution >= 4 is 11.6 Å². The van der Waals surface area contributed by atoms with Gasteiger partial charge in [-0.2, -0.15) is 0 Å². The second-order valence-electron chi connectivity index (χ2n) is 6.57. The number of hydrogen-bond donors (Lipinski definition) is 1. The van der Waals surface area contributed by atoms with E-state index in [2.05, 4.69) is 9.88 Å². The molecule has 3 heterocycles. The average Bonchev–Trinajstić information content (AvgIpc) is 3.37. The molecule has 6 nitrogen and oxygen atoms in total. The fourth-order valence-electron chi connectivity index (χ4n) is 3.36. The minimum absolute atomic E-state index is 0.0343. The van der Waals surface area contributed by atoms with Gasteiger partial charge in [-0.15, -0.1) is 0 Å². The Morgan fingerprint density at radius 1 is 1.27 bits per heavy atom. The summed E-state index contributed by atoms with van der Waals surface area (Å²) in [6.45, 7) is 3.98. The van der Waals surface area contributed by atoms with Gasteiger partial charge in [0, 0.05) is 19.3 Å². The number of nitrogens with zero attached hydrogens (tertiary/aromatic N) is 3. The maximum atomic E-state index is 12.5. The van der Waals surface area contributed by atoms with Crippen molar-refractivity contribution in [3.05, 3.63) is 24.0 Å². The first kappa shape index (κ1) is 14.0. The Bertz CT molecular complexity index is 576. The Hall–Kier alpha value is -1.66. The van der Waals surface area contributed by atoms with Crippen LogP contribution in [0.25, 0.3) is 0 Å². The Balaban J connectivity index is 1.45. The summed E-state index contributed by atoms with van der Waals surface area (Å²) in [6, 6.07) is 1.90. The minimum atomic E-state index is -0.634. The highest BCUT2D eigenvalue weighted by Gasteiger charge is 2.53. The van der Waals surface area contributed by atoms with Gasteiger partial charge in [0.15, 0.2) is 0 Å². The molecule has 1 saturated carbocycles. The van der Waals surface area contributed by atoms with Crippen LogP contribution in [0.1, 0.15) is 23.2 Å². The SMILES string of the molecule is O=C(c1cncc(N2CCOCC2)c1)N1CC(O)(C2CC2)C1. The van der Waals surface area contributed by atoms with Crippen molar-refractivity contribution < 1.29 is 14.6 Å². The van der Waals surface area contributed by atoms with E-state index < -0.39 is 5.60 Å². The number of aromatic nitrogens is 1. The lowest BCUT2D eigenvalue weighted by molar-refractivity contribution is -0.0958. The Morgan fingerprint density at radius 3 is 2.68 bits per heavy atom. The van der Waals surface area contributed by atoms with Crippen molar-refractivity contribution in [2.75, 3.05) is 44.3 Å². The molecule has 1 amide bonds. The number of carbonyl (C=O) groups excluding carboxylic acids is 1. The van der Waals surface area contributed by atoms with Crippen LogP contribution in [0.15, 0.2) is 18.5 Å². The Kier molecular flexibility index (Phi) is 3.31. The van der Waals surface area contributed by atoms with E-state index in [0.717, 1.165) is 31.6 Å². The van der Waals surface area contributed by atoms with Crippen LogP contribution in [0.3, 0.4) is 0 Å². The molecule has 6 heteroatoms. The normalized spacial score (nSPS) is 24.0. The first-order valence-electron chi connectivity index (χ1n) is 7.95. The summed E-state index contributed by atoms with van der Waals surface area (Å²) in [5, 5.41) is 10.3. The number of likely N-dealkylation sites (tertiary alicyclic amines) is 1. The van der Waals surface area contributed by atoms with Gasteiger partial charge in [0.2, 0.25) is 0 Å². The highest BCUT2D eigenvalue weighted by Crippen LogP contribution is 2.44. The highest BCUT2D eigenvalue weighted by atomic mass is 16.5. The number of rotatable bonds is 3. The molecular weight excluding hydrogens is 282 g/mol. The topological polar surface area (TPSA) is 65.9 Å². The predicted octanol–water partition coefficient (Wildman–Crippen LogP) is 0.515. The lowest BCUT2D eigenvalue weighted by Gasteiger charge is -2.47. The van der Waals surface area contributed by atoms with E-state index in [-0.39, 0.29) is 5.91 Å². The van der Waals surface area contributed by atoms with Gasteiger partial charge >= 0.3 is 0 Å². The van der Waals surface area contributed by atoms with Crippen molar-refractivity contribution in [1.29, 1.82) is 0 Å². The van der Waals surface area contributed by atoms with E-state index in [0.29, 0.717) is 37.8 Å². The van der Waals surface area contributed by atoms with Crippen LogP contribution in [0.4, 0.5) is 5.69 Å². The van der Waals surface area contributed by atoms with Gasteiger partial charge in [-0.3, -0.25) is 9.78 Å². The molecule has 1 aliphatic carbocycles. The third-order valence-electron chi connectivity index (χ3n) is 4.90. The molecule has 3 fully saturated rings. The zero-order valence-electron chi connectivity index (χ0n) is 12.6. The maximum Gasteiger partial charge on any atom is 0.255 e. The lowest BCUT2D eigenvalue weighted by Crippen LogP contribution is -2.64. The summed E-state index contributed by atoms with van der Waals surface area (Å²) in [5.41, 5.74) is 0.930. The maximum absolute atomic E-state index is 12.5. The summed E-state index contributed by atoms with van der Waals surface area (Å²) in [7, 11) is 0. The van der Waals surface area contributed by atoms with Gasteiger partial charge in [-0.1, -0.05) is 0 Å². The molecule has 118 valence electrons. The summed E-state index contributed by atoms with van der Waals surface area (Å²) >= 11 is 0. The van der Waals surface area contributed by atoms with Crippen LogP contribution in [-0.2, 0) is 4.74 Å². The fourth-order valence-corrected chi connectivity index (χ4v) is 3.36. The first-order chi connectivity index (χ1) is 10.7. The number of anilines is 1. The summed E-state index contributed by atoms with van der Waals surface area (Å²) in [6.07, 6.45) is 5.58. The number of ether oxygens (including phenoxy) is 1. The van der Waals surface area contributed by atoms with Gasteiger partial charge in [-0.25, -0.2) is 0 Å². The van der Waals surface area contributed by atoms with Crippen LogP contribution < -0.4 is 4.90 Å². The number of carbonyl (C=O) groups is 1. The van der Waals surface area contributed by atoms with Crippen LogP contribution in [0.2, 0.25) is 0 Å². The van der Waals surface area contributed by atoms with Crippen LogP contribution >= 0.6 is 0 Å². The molecule has 0 radical (unpaired) electrons. The molecule has 0 atom stereocenters. The van der Waals surface area contributed by atoms with Gasteiger partial charge in [0.25, 0.3) is 5.91 Å². The molecule has 0 bridgehead atoms. The van der Waals surface area contributed by atoms with E-state index in [4.69, 9.17) is 4.74 Å². The first-order valence-corrected chi connectivity index (χ1v) is 7.95. The Morgan fingerprint density at radius 2 is 2.00 bits per heavy atom. The molecule has 1 N–H and O–H groups in total. The van der Waals surface area contributed by atoms with Crippen molar-refractivity contribution in [2.45, 2.75) is 18.4 Å². The largest absolute Gasteiger partial charge is 0.386 e. The van der Waals surface area contributed by atoms with E-state index >= 15 is 0 Å². The third kappa shape index (κ3) is 2.46. The highest BCUT2D eigenvalue weighted by molar-refractivity contribution is 5.95. The Labute approximate surface area is 129 Å². The molecule has 1 aromatic rings. The van der Waals surface area contributed by atoms with Gasteiger partial charge in [0.05, 0.1) is 43.8 Å². The monoisotopic (exact) mass is 303 g/mol. The fraction of sp³-hybridized carbons (Fsp3) is 0.625. The standard InChI is InChI=1S/C16H21N3O3/c20-15(19-10-16(21,11-19)13-1-2-13)12-7-14(9-17-8-12)18-3-5-22-6-4-18/h7-9,13,21H,1-6,10-11H2. The summed E-state index contributed by atoms with van der Waals surface area (Å²) < 4.78 is 5.35. The van der Waals surface area contributed by atoms with Gasteiger partial charge in [0.1, 0.15) is 5.60 Å². The van der Waals surface area contributed by atoms with Gasteiger partial charge < -0.3 is 19.6 Å². The van der Waals surface area contributed by atoms with Crippen LogP contribution in [-0.4, -0.2) is 65.9 Å². The molecule has 2 saturated heterocycles. The van der Waals surface area contributed by atoms with Gasteiger partial charge in [-0.05, 0) is 24.8 Å². The molecule has 0 aromatic carbocycles. The number of pyridine rings is 1. The molecule has 3 aliphatic rings. The number of β-amino-alcohol motifs (C(OH)–C–C–N with tert-alkyl or cyclic N) is 1. The number of hydrogen-bond acceptors (Lipinski definition) is 5. The molecule has 0 spiro atoms. The zero-order valence-corrected chi connectivity index (χ0v) is 12.6. The van der Waals surface area contributed by atoms with E-state index in [1.807, 2.05) is 6.07 Å². The molecular formula is C16H21N3O3. The third-order valence-corrected chi connectivity index (χ3v) is 4.90. The quantitative estimate of drug-likeness (QED) is 0.881. The average molecular weight is 303 g/mol. The van der Waals surface area contributed by atoms with E-state index in [9.17, 15) is 9.90 Å². The minimum Gasteiger partial charge on any atom is -0.386 e. The van der Waals surface area contributed by atoms with E-state index in [1.54, 1.807) is 17.3 Å². The molecule has 22 heavy (non-hydrogen) atoms. The second kappa shape index (κ2) is 5.21. The molecule has 0 unspecified atom stereocenters.